The van der Waals surface area contributed by atoms with E-state index < -0.39 is 10.8 Å². The van der Waals surface area contributed by atoms with Crippen LogP contribution in [0.4, 0.5) is 5.69 Å². The number of nitro benzene ring substituents is 1. The summed E-state index contributed by atoms with van der Waals surface area (Å²) < 4.78 is 0. The van der Waals surface area contributed by atoms with Crippen molar-refractivity contribution in [3.63, 3.8) is 0 Å². The second kappa shape index (κ2) is 8.95. The van der Waals surface area contributed by atoms with Crippen LogP contribution in [0.1, 0.15) is 30.6 Å². The van der Waals surface area contributed by atoms with E-state index in [1.807, 2.05) is 18.7 Å². The minimum Gasteiger partial charge on any atom is -0.353 e. The molecule has 0 spiro atoms. The molecule has 8 nitrogen and oxygen atoms in total. The van der Waals surface area contributed by atoms with Crippen LogP contribution in [0.15, 0.2) is 18.2 Å². The standard InChI is InChI=1S/C17H23ClN4O4/c1-3-12(2)19-16(23)11-20-6-8-21(9-7-20)17(24)14-5-4-13(18)10-15(14)22(25)26/h4-5,10,12H,3,6-9,11H2,1-2H3,(H,19,23). The van der Waals surface area contributed by atoms with Crippen LogP contribution in [-0.2, 0) is 4.79 Å². The Kier molecular flexibility index (Phi) is 6.93. The molecule has 1 aromatic rings. The lowest BCUT2D eigenvalue weighted by molar-refractivity contribution is -0.385. The van der Waals surface area contributed by atoms with Crippen LogP contribution in [-0.4, -0.2) is 65.3 Å². The van der Waals surface area contributed by atoms with E-state index >= 15 is 0 Å². The van der Waals surface area contributed by atoms with Gasteiger partial charge in [-0.3, -0.25) is 24.6 Å². The number of halogens is 1. The Labute approximate surface area is 157 Å². The number of hydrogen-bond donors (Lipinski definition) is 1. The minimum absolute atomic E-state index is 0.0300. The van der Waals surface area contributed by atoms with Gasteiger partial charge in [-0.25, -0.2) is 0 Å². The van der Waals surface area contributed by atoms with Gasteiger partial charge >= 0.3 is 0 Å². The van der Waals surface area contributed by atoms with Crippen molar-refractivity contribution in [2.45, 2.75) is 26.3 Å². The van der Waals surface area contributed by atoms with Gasteiger partial charge < -0.3 is 10.2 Å². The van der Waals surface area contributed by atoms with E-state index in [1.54, 1.807) is 4.90 Å². The molecular formula is C17H23ClN4O4. The van der Waals surface area contributed by atoms with Crippen LogP contribution < -0.4 is 5.32 Å². The highest BCUT2D eigenvalue weighted by atomic mass is 35.5. The molecule has 1 unspecified atom stereocenters. The minimum atomic E-state index is -0.603. The van der Waals surface area contributed by atoms with E-state index in [2.05, 4.69) is 5.32 Å². The van der Waals surface area contributed by atoms with Crippen molar-refractivity contribution in [3.05, 3.63) is 38.9 Å². The summed E-state index contributed by atoms with van der Waals surface area (Å²) in [7, 11) is 0. The zero-order valence-electron chi connectivity index (χ0n) is 14.9. The van der Waals surface area contributed by atoms with Crippen LogP contribution in [0.2, 0.25) is 5.02 Å². The quantitative estimate of drug-likeness (QED) is 0.599. The zero-order chi connectivity index (χ0) is 19.3. The number of rotatable bonds is 6. The van der Waals surface area contributed by atoms with E-state index in [1.165, 1.54) is 18.2 Å². The number of amides is 2. The molecule has 26 heavy (non-hydrogen) atoms. The smallest absolute Gasteiger partial charge is 0.283 e. The van der Waals surface area contributed by atoms with Gasteiger partial charge in [0.05, 0.1) is 11.5 Å². The van der Waals surface area contributed by atoms with Crippen LogP contribution in [0.25, 0.3) is 0 Å². The number of carbonyl (C=O) groups excluding carboxylic acids is 2. The predicted octanol–water partition coefficient (Wildman–Crippen LogP) is 1.92. The Morgan fingerprint density at radius 3 is 2.54 bits per heavy atom. The zero-order valence-corrected chi connectivity index (χ0v) is 15.7. The van der Waals surface area contributed by atoms with Gasteiger partial charge in [0.15, 0.2) is 0 Å². The summed E-state index contributed by atoms with van der Waals surface area (Å²) in [6.45, 7) is 6.15. The van der Waals surface area contributed by atoms with Crippen molar-refractivity contribution in [1.82, 2.24) is 15.1 Å². The van der Waals surface area contributed by atoms with Gasteiger partial charge in [0.1, 0.15) is 5.56 Å². The first-order valence-electron chi connectivity index (χ1n) is 8.56. The van der Waals surface area contributed by atoms with E-state index in [9.17, 15) is 19.7 Å². The highest BCUT2D eigenvalue weighted by molar-refractivity contribution is 6.31. The molecule has 1 aliphatic rings. The van der Waals surface area contributed by atoms with E-state index in [0.29, 0.717) is 26.2 Å². The molecule has 1 fully saturated rings. The molecule has 0 aromatic heterocycles. The summed E-state index contributed by atoms with van der Waals surface area (Å²) in [6, 6.07) is 4.17. The first-order chi connectivity index (χ1) is 12.3. The maximum absolute atomic E-state index is 12.6. The van der Waals surface area contributed by atoms with Crippen molar-refractivity contribution in [2.75, 3.05) is 32.7 Å². The fraction of sp³-hybridized carbons (Fsp3) is 0.529. The molecule has 0 aliphatic carbocycles. The Morgan fingerprint density at radius 1 is 1.31 bits per heavy atom. The maximum atomic E-state index is 12.6. The molecule has 0 bridgehead atoms. The van der Waals surface area contributed by atoms with Crippen LogP contribution in [0, 0.1) is 10.1 Å². The fourth-order valence-electron chi connectivity index (χ4n) is 2.74. The number of nitrogens with one attached hydrogen (secondary N) is 1. The van der Waals surface area contributed by atoms with Gasteiger partial charge in [-0.1, -0.05) is 18.5 Å². The average Bonchev–Trinajstić information content (AvgIpc) is 2.61. The van der Waals surface area contributed by atoms with Crippen LogP contribution >= 0.6 is 11.6 Å². The summed E-state index contributed by atoms with van der Waals surface area (Å²) in [4.78, 5) is 38.7. The average molecular weight is 383 g/mol. The molecule has 9 heteroatoms. The summed E-state index contributed by atoms with van der Waals surface area (Å²) in [6.07, 6.45) is 0.869. The van der Waals surface area contributed by atoms with Gasteiger partial charge in [-0.15, -0.1) is 0 Å². The molecule has 142 valence electrons. The summed E-state index contributed by atoms with van der Waals surface area (Å²) in [5.41, 5.74) is -0.264. The van der Waals surface area contributed by atoms with Gasteiger partial charge in [0, 0.05) is 43.3 Å². The van der Waals surface area contributed by atoms with Gasteiger partial charge in [-0.05, 0) is 25.5 Å². The van der Waals surface area contributed by atoms with Crippen molar-refractivity contribution in [1.29, 1.82) is 0 Å². The predicted molar refractivity (Wildman–Crippen MR) is 98.3 cm³/mol. The van der Waals surface area contributed by atoms with Crippen LogP contribution in [0.5, 0.6) is 0 Å². The molecule has 1 N–H and O–H groups in total. The topological polar surface area (TPSA) is 95.8 Å². The highest BCUT2D eigenvalue weighted by Gasteiger charge is 2.28. The number of carbonyl (C=O) groups is 2. The van der Waals surface area contributed by atoms with Gasteiger partial charge in [-0.2, -0.15) is 0 Å². The molecule has 0 radical (unpaired) electrons. The highest BCUT2D eigenvalue weighted by Crippen LogP contribution is 2.24. The lowest BCUT2D eigenvalue weighted by Gasteiger charge is -2.34. The third-order valence-electron chi connectivity index (χ3n) is 4.43. The first-order valence-corrected chi connectivity index (χ1v) is 8.94. The number of hydrogen-bond acceptors (Lipinski definition) is 5. The largest absolute Gasteiger partial charge is 0.353 e. The second-order valence-electron chi connectivity index (χ2n) is 6.36. The molecule has 2 rings (SSSR count). The monoisotopic (exact) mass is 382 g/mol. The second-order valence-corrected chi connectivity index (χ2v) is 6.80. The molecule has 1 aromatic carbocycles. The molecule has 1 aliphatic heterocycles. The number of benzene rings is 1. The fourth-order valence-corrected chi connectivity index (χ4v) is 2.91. The molecule has 1 heterocycles. The van der Waals surface area contributed by atoms with Crippen molar-refractivity contribution < 1.29 is 14.5 Å². The number of nitro groups is 1. The number of nitrogens with zero attached hydrogens (tertiary/aromatic N) is 3. The van der Waals surface area contributed by atoms with Crippen molar-refractivity contribution >= 4 is 29.1 Å². The maximum Gasteiger partial charge on any atom is 0.283 e. The van der Waals surface area contributed by atoms with E-state index in [-0.39, 0.29) is 34.8 Å². The molecule has 0 saturated carbocycles. The third-order valence-corrected chi connectivity index (χ3v) is 4.67. The Hall–Kier alpha value is -2.19. The number of piperazine rings is 1. The molecular weight excluding hydrogens is 360 g/mol. The first kappa shape index (κ1) is 20.1. The van der Waals surface area contributed by atoms with Crippen LogP contribution in [0.3, 0.4) is 0 Å². The van der Waals surface area contributed by atoms with Gasteiger partial charge in [0.25, 0.3) is 11.6 Å². The van der Waals surface area contributed by atoms with E-state index in [0.717, 1.165) is 6.42 Å². The third kappa shape index (κ3) is 5.15. The molecule has 2 amide bonds. The summed E-state index contributed by atoms with van der Waals surface area (Å²) in [5, 5.41) is 14.3. The normalized spacial score (nSPS) is 16.2. The van der Waals surface area contributed by atoms with E-state index in [4.69, 9.17) is 11.6 Å². The Morgan fingerprint density at radius 2 is 1.96 bits per heavy atom. The van der Waals surface area contributed by atoms with Crippen molar-refractivity contribution in [2.24, 2.45) is 0 Å². The molecule has 1 atom stereocenters. The SMILES string of the molecule is CCC(C)NC(=O)CN1CCN(C(=O)c2ccc(Cl)cc2[N+](=O)[O-])CC1. The summed E-state index contributed by atoms with van der Waals surface area (Å²) in [5.74, 6) is -0.426. The lowest BCUT2D eigenvalue weighted by Crippen LogP contribution is -2.51. The lowest BCUT2D eigenvalue weighted by atomic mass is 10.1. The summed E-state index contributed by atoms with van der Waals surface area (Å²) >= 11 is 5.79. The van der Waals surface area contributed by atoms with Gasteiger partial charge in [0.2, 0.25) is 5.91 Å². The Balaban J connectivity index is 1.95. The van der Waals surface area contributed by atoms with Crippen molar-refractivity contribution in [3.8, 4) is 0 Å². The molecule has 1 saturated heterocycles. The Bertz CT molecular complexity index is 689.